The van der Waals surface area contributed by atoms with E-state index in [1.54, 1.807) is 25.3 Å². The molecule has 1 saturated heterocycles. The van der Waals surface area contributed by atoms with Gasteiger partial charge < -0.3 is 18.9 Å². The van der Waals surface area contributed by atoms with E-state index in [4.69, 9.17) is 9.47 Å². The van der Waals surface area contributed by atoms with E-state index in [9.17, 15) is 9.59 Å². The Labute approximate surface area is 197 Å². The third-order valence-electron chi connectivity index (χ3n) is 5.90. The maximum absolute atomic E-state index is 13.2. The maximum atomic E-state index is 13.2. The Hall–Kier alpha value is -2.58. The lowest BCUT2D eigenvalue weighted by Crippen LogP contribution is -2.41. The molecule has 1 amide bonds. The molecule has 8 heteroatoms. The molecule has 1 fully saturated rings. The van der Waals surface area contributed by atoms with E-state index in [1.807, 2.05) is 40.7 Å². The van der Waals surface area contributed by atoms with Gasteiger partial charge >= 0.3 is 0 Å². The number of carbonyl (C=O) groups is 1. The van der Waals surface area contributed by atoms with Crippen molar-refractivity contribution in [2.75, 3.05) is 26.8 Å². The summed E-state index contributed by atoms with van der Waals surface area (Å²) in [5.41, 5.74) is 1.21. The number of para-hydroxylation sites is 1. The summed E-state index contributed by atoms with van der Waals surface area (Å²) >= 11 is 8.92. The summed E-state index contributed by atoms with van der Waals surface area (Å²) in [7, 11) is 1.55. The van der Waals surface area contributed by atoms with Gasteiger partial charge in [-0.2, -0.15) is 0 Å². The zero-order valence-electron chi connectivity index (χ0n) is 18.1. The number of carbonyl (C=O) groups excluding carboxylic acids is 1. The van der Waals surface area contributed by atoms with E-state index in [0.717, 1.165) is 10.9 Å². The van der Waals surface area contributed by atoms with Gasteiger partial charge in [-0.25, -0.2) is 0 Å². The smallest absolute Gasteiger partial charge is 0.265 e. The molecule has 0 saturated carbocycles. The van der Waals surface area contributed by atoms with Crippen molar-refractivity contribution in [1.29, 1.82) is 0 Å². The number of hydrogen-bond donors (Lipinski definition) is 2. The largest absolute Gasteiger partial charge is 0.496 e. The number of fused-ring (bicyclic) bond motifs is 1. The number of ether oxygens (including phenoxy) is 2. The molecule has 0 radical (unpaired) electrons. The van der Waals surface area contributed by atoms with Crippen LogP contribution in [0.15, 0.2) is 57.1 Å². The van der Waals surface area contributed by atoms with Gasteiger partial charge in [0.05, 0.1) is 29.7 Å². The van der Waals surface area contributed by atoms with Crippen LogP contribution >= 0.6 is 25.3 Å². The molecule has 3 aromatic rings. The van der Waals surface area contributed by atoms with Gasteiger partial charge in [-0.15, -0.1) is 25.3 Å². The molecule has 168 valence electrons. The summed E-state index contributed by atoms with van der Waals surface area (Å²) in [6, 6.07) is 13.0. The van der Waals surface area contributed by atoms with Gasteiger partial charge in [0.2, 0.25) is 0 Å². The lowest BCUT2D eigenvalue weighted by atomic mass is 10.0. The highest BCUT2D eigenvalue weighted by atomic mass is 32.1. The minimum Gasteiger partial charge on any atom is -0.496 e. The number of pyridine rings is 1. The molecule has 0 atom stereocenters. The number of aromatic nitrogens is 1. The fourth-order valence-corrected chi connectivity index (χ4v) is 4.81. The van der Waals surface area contributed by atoms with Crippen molar-refractivity contribution in [3.8, 4) is 11.5 Å². The van der Waals surface area contributed by atoms with Crippen molar-refractivity contribution < 1.29 is 14.3 Å². The predicted octanol–water partition coefficient (Wildman–Crippen LogP) is 4.46. The summed E-state index contributed by atoms with van der Waals surface area (Å²) in [4.78, 5) is 29.0. The SMILES string of the molecule is CCOc1ccc(C(=O)N2CCC(n3c(=O)c(S)c(S)c4ccccc43)CC2)c(OC)c1. The molecule has 2 aromatic carbocycles. The fraction of sp³-hybridized carbons (Fsp3) is 0.333. The lowest BCUT2D eigenvalue weighted by molar-refractivity contribution is 0.0691. The monoisotopic (exact) mass is 470 g/mol. The van der Waals surface area contributed by atoms with Gasteiger partial charge in [0.15, 0.2) is 0 Å². The minimum absolute atomic E-state index is 0.0153. The van der Waals surface area contributed by atoms with Crippen molar-refractivity contribution >= 4 is 42.1 Å². The lowest BCUT2D eigenvalue weighted by Gasteiger charge is -2.34. The van der Waals surface area contributed by atoms with Crippen LogP contribution in [0.25, 0.3) is 10.9 Å². The predicted molar refractivity (Wildman–Crippen MR) is 131 cm³/mol. The Kier molecular flexibility index (Phi) is 6.71. The Balaban J connectivity index is 1.57. The first-order valence-corrected chi connectivity index (χ1v) is 11.5. The standard InChI is InChI=1S/C24H26N2O4S2/c1-3-30-16-8-9-18(20(14-16)29-2)23(27)25-12-10-15(11-13-25)26-19-7-5-4-6-17(19)21(31)22(32)24(26)28/h4-9,14-15,31-32H,3,10-13H2,1-2H3. The first kappa shape index (κ1) is 22.6. The number of benzene rings is 2. The summed E-state index contributed by atoms with van der Waals surface area (Å²) in [5.74, 6) is 1.08. The van der Waals surface area contributed by atoms with E-state index in [-0.39, 0.29) is 17.5 Å². The highest BCUT2D eigenvalue weighted by molar-refractivity contribution is 7.83. The molecule has 0 unspecified atom stereocenters. The van der Waals surface area contributed by atoms with Crippen molar-refractivity contribution in [2.24, 2.45) is 0 Å². The van der Waals surface area contributed by atoms with Gasteiger partial charge in [0.25, 0.3) is 11.5 Å². The van der Waals surface area contributed by atoms with Crippen molar-refractivity contribution in [3.63, 3.8) is 0 Å². The molecular weight excluding hydrogens is 444 g/mol. The second-order valence-electron chi connectivity index (χ2n) is 7.71. The number of piperidine rings is 1. The first-order chi connectivity index (χ1) is 15.5. The molecule has 6 nitrogen and oxygen atoms in total. The third kappa shape index (κ3) is 4.09. The number of likely N-dealkylation sites (tertiary alicyclic amines) is 1. The van der Waals surface area contributed by atoms with Gasteiger partial charge in [0, 0.05) is 35.5 Å². The average Bonchev–Trinajstić information content (AvgIpc) is 2.83. The fourth-order valence-electron chi connectivity index (χ4n) is 4.30. The van der Waals surface area contributed by atoms with Crippen molar-refractivity contribution in [1.82, 2.24) is 9.47 Å². The van der Waals surface area contributed by atoms with E-state index in [0.29, 0.717) is 59.4 Å². The molecular formula is C24H26N2O4S2. The highest BCUT2D eigenvalue weighted by Gasteiger charge is 2.28. The van der Waals surface area contributed by atoms with Gasteiger partial charge in [-0.1, -0.05) is 18.2 Å². The molecule has 4 rings (SSSR count). The van der Waals surface area contributed by atoms with Gasteiger partial charge in [-0.05, 0) is 38.0 Å². The van der Waals surface area contributed by atoms with E-state index >= 15 is 0 Å². The van der Waals surface area contributed by atoms with Crippen LogP contribution in [0.2, 0.25) is 0 Å². The summed E-state index contributed by atoms with van der Waals surface area (Å²) in [5, 5.41) is 0.901. The van der Waals surface area contributed by atoms with E-state index in [1.165, 1.54) is 0 Å². The molecule has 32 heavy (non-hydrogen) atoms. The van der Waals surface area contributed by atoms with Gasteiger partial charge in [0.1, 0.15) is 11.5 Å². The Morgan fingerprint density at radius 1 is 1.09 bits per heavy atom. The minimum atomic E-state index is -0.144. The van der Waals surface area contributed by atoms with Crippen LogP contribution in [0.4, 0.5) is 0 Å². The number of hydrogen-bond acceptors (Lipinski definition) is 6. The molecule has 1 aliphatic rings. The second kappa shape index (κ2) is 9.50. The summed E-state index contributed by atoms with van der Waals surface area (Å²) < 4.78 is 12.8. The Bertz CT molecular complexity index is 1220. The zero-order chi connectivity index (χ0) is 22.8. The normalized spacial score (nSPS) is 14.6. The van der Waals surface area contributed by atoms with E-state index < -0.39 is 0 Å². The topological polar surface area (TPSA) is 60.8 Å². The number of amides is 1. The molecule has 1 aromatic heterocycles. The van der Waals surface area contributed by atoms with Crippen molar-refractivity contribution in [2.45, 2.75) is 35.6 Å². The number of thiol groups is 2. The summed E-state index contributed by atoms with van der Waals surface area (Å²) in [6.45, 7) is 3.54. The first-order valence-electron chi connectivity index (χ1n) is 10.6. The molecule has 0 spiro atoms. The molecule has 0 bridgehead atoms. The Morgan fingerprint density at radius 2 is 1.81 bits per heavy atom. The quantitative estimate of drug-likeness (QED) is 0.541. The van der Waals surface area contributed by atoms with Crippen molar-refractivity contribution in [3.05, 3.63) is 58.4 Å². The number of rotatable bonds is 5. The van der Waals surface area contributed by atoms with E-state index in [2.05, 4.69) is 25.3 Å². The third-order valence-corrected chi connectivity index (χ3v) is 6.95. The summed E-state index contributed by atoms with van der Waals surface area (Å²) in [6.07, 6.45) is 1.35. The molecule has 1 aliphatic heterocycles. The average molecular weight is 471 g/mol. The van der Waals surface area contributed by atoms with Crippen LogP contribution in [0.1, 0.15) is 36.2 Å². The van der Waals surface area contributed by atoms with Crippen LogP contribution in [-0.4, -0.2) is 42.2 Å². The van der Waals surface area contributed by atoms with Crippen LogP contribution in [-0.2, 0) is 0 Å². The zero-order valence-corrected chi connectivity index (χ0v) is 19.9. The maximum Gasteiger partial charge on any atom is 0.265 e. The number of methoxy groups -OCH3 is 1. The molecule has 2 heterocycles. The van der Waals surface area contributed by atoms with Crippen LogP contribution in [0, 0.1) is 0 Å². The molecule has 0 N–H and O–H groups in total. The number of nitrogens with zero attached hydrogens (tertiary/aromatic N) is 2. The van der Waals surface area contributed by atoms with Gasteiger partial charge in [-0.3, -0.25) is 9.59 Å². The van der Waals surface area contributed by atoms with Crippen LogP contribution in [0.3, 0.4) is 0 Å². The van der Waals surface area contributed by atoms with Crippen LogP contribution in [0.5, 0.6) is 11.5 Å². The molecule has 0 aliphatic carbocycles. The highest BCUT2D eigenvalue weighted by Crippen LogP contribution is 2.32. The van der Waals surface area contributed by atoms with Crippen LogP contribution < -0.4 is 15.0 Å². The Morgan fingerprint density at radius 3 is 2.50 bits per heavy atom. The second-order valence-corrected chi connectivity index (χ2v) is 8.60.